The normalized spacial score (nSPS) is 12.8. The van der Waals surface area contributed by atoms with E-state index >= 15 is 0 Å². The Hall–Kier alpha value is -0.380. The van der Waals surface area contributed by atoms with Gasteiger partial charge in [0.1, 0.15) is 0 Å². The van der Waals surface area contributed by atoms with Crippen LogP contribution in [0.15, 0.2) is 18.2 Å². The zero-order chi connectivity index (χ0) is 10.6. The number of hydrogen-bond donors (Lipinski definition) is 2. The molecule has 1 rings (SSSR count). The maximum atomic E-state index is 8.85. The van der Waals surface area contributed by atoms with Gasteiger partial charge >= 0.3 is 0 Å². The Morgan fingerprint density at radius 2 is 2.29 bits per heavy atom. The highest BCUT2D eigenvalue weighted by atomic mass is 35.5. The Balaban J connectivity index is 2.59. The van der Waals surface area contributed by atoms with Crippen LogP contribution in [0.25, 0.3) is 0 Å². The third-order valence-electron chi connectivity index (χ3n) is 1.89. The van der Waals surface area contributed by atoms with E-state index in [1.165, 1.54) is 0 Å². The Bertz CT molecular complexity index is 306. The van der Waals surface area contributed by atoms with Crippen LogP contribution in [0.5, 0.6) is 0 Å². The number of anilines is 1. The van der Waals surface area contributed by atoms with Gasteiger partial charge in [0.05, 0.1) is 6.61 Å². The van der Waals surface area contributed by atoms with Crippen molar-refractivity contribution in [3.8, 4) is 0 Å². The number of benzene rings is 1. The highest BCUT2D eigenvalue weighted by Gasteiger charge is 2.04. The van der Waals surface area contributed by atoms with Crippen molar-refractivity contribution in [2.45, 2.75) is 17.9 Å². The van der Waals surface area contributed by atoms with Gasteiger partial charge in [0.15, 0.2) is 0 Å². The van der Waals surface area contributed by atoms with Gasteiger partial charge in [0.25, 0.3) is 0 Å². The third kappa shape index (κ3) is 3.40. The first-order chi connectivity index (χ1) is 6.63. The molecule has 0 spiro atoms. The van der Waals surface area contributed by atoms with Gasteiger partial charge < -0.3 is 10.8 Å². The summed E-state index contributed by atoms with van der Waals surface area (Å²) in [5.41, 5.74) is 7.58. The Morgan fingerprint density at radius 1 is 1.57 bits per heavy atom. The summed E-state index contributed by atoms with van der Waals surface area (Å²) in [4.78, 5) is 0. The molecule has 0 aliphatic heterocycles. The van der Waals surface area contributed by atoms with Crippen molar-refractivity contribution in [2.24, 2.45) is 0 Å². The molecule has 2 nitrogen and oxygen atoms in total. The molecule has 0 aliphatic carbocycles. The summed E-state index contributed by atoms with van der Waals surface area (Å²) in [7, 11) is 0. The van der Waals surface area contributed by atoms with E-state index in [1.807, 2.05) is 19.1 Å². The quantitative estimate of drug-likeness (QED) is 0.783. The number of nitrogens with two attached hydrogens (primary N) is 1. The fraction of sp³-hybridized carbons (Fsp3) is 0.400. The average molecular weight is 232 g/mol. The third-order valence-corrected chi connectivity index (χ3v) is 3.32. The lowest BCUT2D eigenvalue weighted by Crippen LogP contribution is -2.03. The molecule has 1 unspecified atom stereocenters. The summed E-state index contributed by atoms with van der Waals surface area (Å²) in [5.74, 6) is 0.810. The minimum atomic E-state index is 0.193. The lowest BCUT2D eigenvalue weighted by Gasteiger charge is -2.09. The highest BCUT2D eigenvalue weighted by Crippen LogP contribution is 2.24. The fourth-order valence-electron chi connectivity index (χ4n) is 0.982. The second-order valence-electron chi connectivity index (χ2n) is 3.15. The van der Waals surface area contributed by atoms with Crippen molar-refractivity contribution < 1.29 is 5.11 Å². The van der Waals surface area contributed by atoms with Gasteiger partial charge in [-0.25, -0.2) is 0 Å². The van der Waals surface area contributed by atoms with E-state index in [-0.39, 0.29) is 11.9 Å². The monoisotopic (exact) mass is 231 g/mol. The molecule has 0 saturated heterocycles. The number of halogens is 1. The first kappa shape index (κ1) is 11.7. The summed E-state index contributed by atoms with van der Waals surface area (Å²) in [6.07, 6.45) is 0. The van der Waals surface area contributed by atoms with Gasteiger partial charge in [-0.15, -0.1) is 0 Å². The van der Waals surface area contributed by atoms with Crippen LogP contribution in [0.3, 0.4) is 0 Å². The van der Waals surface area contributed by atoms with Crippen molar-refractivity contribution in [3.63, 3.8) is 0 Å². The van der Waals surface area contributed by atoms with Gasteiger partial charge in [-0.05, 0) is 17.7 Å². The molecule has 0 bridgehead atoms. The van der Waals surface area contributed by atoms with Crippen LogP contribution in [-0.2, 0) is 5.75 Å². The lowest BCUT2D eigenvalue weighted by atomic mass is 10.2. The van der Waals surface area contributed by atoms with Crippen LogP contribution < -0.4 is 5.73 Å². The Kier molecular flexibility index (Phi) is 4.58. The predicted octanol–water partition coefficient (Wildman–Crippen LogP) is 2.54. The molecule has 0 saturated carbocycles. The molecule has 0 heterocycles. The number of rotatable bonds is 4. The van der Waals surface area contributed by atoms with Crippen molar-refractivity contribution >= 4 is 29.1 Å². The molecule has 78 valence electrons. The van der Waals surface area contributed by atoms with Crippen LogP contribution in [0.2, 0.25) is 5.02 Å². The number of aliphatic hydroxyl groups excluding tert-OH is 1. The molecule has 1 aromatic carbocycles. The molecule has 0 fully saturated rings. The van der Waals surface area contributed by atoms with E-state index in [2.05, 4.69) is 0 Å². The SMILES string of the molecule is CC(CO)SCc1ccc(Cl)cc1N. The van der Waals surface area contributed by atoms with Gasteiger partial charge in [-0.1, -0.05) is 24.6 Å². The number of hydrogen-bond acceptors (Lipinski definition) is 3. The molecule has 0 amide bonds. The van der Waals surface area contributed by atoms with Crippen molar-refractivity contribution in [1.29, 1.82) is 0 Å². The first-order valence-electron chi connectivity index (χ1n) is 4.40. The summed E-state index contributed by atoms with van der Waals surface area (Å²) in [5, 5.41) is 9.75. The summed E-state index contributed by atoms with van der Waals surface area (Å²) in [6, 6.07) is 5.51. The summed E-state index contributed by atoms with van der Waals surface area (Å²) < 4.78 is 0. The van der Waals surface area contributed by atoms with Gasteiger partial charge in [-0.2, -0.15) is 11.8 Å². The molecule has 4 heteroatoms. The van der Waals surface area contributed by atoms with E-state index in [9.17, 15) is 0 Å². The topological polar surface area (TPSA) is 46.2 Å². The molecule has 1 atom stereocenters. The fourth-order valence-corrected chi connectivity index (χ4v) is 1.99. The zero-order valence-electron chi connectivity index (χ0n) is 8.03. The molecular weight excluding hydrogens is 218 g/mol. The minimum Gasteiger partial charge on any atom is -0.398 e. The van der Waals surface area contributed by atoms with Gasteiger partial charge in [-0.3, -0.25) is 0 Å². The summed E-state index contributed by atoms with van der Waals surface area (Å²) in [6.45, 7) is 2.18. The smallest absolute Gasteiger partial charge is 0.0547 e. The first-order valence-corrected chi connectivity index (χ1v) is 5.82. The average Bonchev–Trinajstić information content (AvgIpc) is 2.16. The van der Waals surface area contributed by atoms with E-state index < -0.39 is 0 Å². The largest absolute Gasteiger partial charge is 0.398 e. The highest BCUT2D eigenvalue weighted by molar-refractivity contribution is 7.99. The number of aliphatic hydroxyl groups is 1. The van der Waals surface area contributed by atoms with Gasteiger partial charge in [0, 0.05) is 21.7 Å². The molecule has 1 aromatic rings. The van der Waals surface area contributed by atoms with Crippen LogP contribution in [0.4, 0.5) is 5.69 Å². The second-order valence-corrected chi connectivity index (χ2v) is 5.01. The molecule has 3 N–H and O–H groups in total. The van der Waals surface area contributed by atoms with Crippen LogP contribution >= 0.6 is 23.4 Å². The minimum absolute atomic E-state index is 0.193. The lowest BCUT2D eigenvalue weighted by molar-refractivity contribution is 0.300. The molecule has 0 radical (unpaired) electrons. The number of thioether (sulfide) groups is 1. The van der Waals surface area contributed by atoms with E-state index in [0.29, 0.717) is 5.02 Å². The maximum absolute atomic E-state index is 8.85. The van der Waals surface area contributed by atoms with E-state index in [4.69, 9.17) is 22.4 Å². The van der Waals surface area contributed by atoms with Gasteiger partial charge in [0.2, 0.25) is 0 Å². The van der Waals surface area contributed by atoms with Crippen LogP contribution in [0.1, 0.15) is 12.5 Å². The van der Waals surface area contributed by atoms with E-state index in [1.54, 1.807) is 17.8 Å². The van der Waals surface area contributed by atoms with Crippen molar-refractivity contribution in [1.82, 2.24) is 0 Å². The van der Waals surface area contributed by atoms with Crippen LogP contribution in [0, 0.1) is 0 Å². The van der Waals surface area contributed by atoms with Crippen molar-refractivity contribution in [3.05, 3.63) is 28.8 Å². The van der Waals surface area contributed by atoms with Crippen LogP contribution in [-0.4, -0.2) is 17.0 Å². The predicted molar refractivity (Wildman–Crippen MR) is 63.7 cm³/mol. The second kappa shape index (κ2) is 5.49. The Morgan fingerprint density at radius 3 is 2.86 bits per heavy atom. The standard InChI is InChI=1S/C10H14ClNOS/c1-7(5-13)14-6-8-2-3-9(11)4-10(8)12/h2-4,7,13H,5-6,12H2,1H3. The Labute approximate surface area is 93.5 Å². The van der Waals surface area contributed by atoms with E-state index in [0.717, 1.165) is 17.0 Å². The molecule has 14 heavy (non-hydrogen) atoms. The molecular formula is C10H14ClNOS. The number of nitrogen functional groups attached to an aromatic ring is 1. The molecule has 0 aliphatic rings. The summed E-state index contributed by atoms with van der Waals surface area (Å²) >= 11 is 7.46. The molecule has 0 aromatic heterocycles. The maximum Gasteiger partial charge on any atom is 0.0547 e. The van der Waals surface area contributed by atoms with Crippen molar-refractivity contribution in [2.75, 3.05) is 12.3 Å². The zero-order valence-corrected chi connectivity index (χ0v) is 9.61.